The van der Waals surface area contributed by atoms with Crippen molar-refractivity contribution in [1.82, 2.24) is 9.80 Å². The van der Waals surface area contributed by atoms with Gasteiger partial charge in [-0.25, -0.2) is 0 Å². The molecule has 0 bridgehead atoms. The Morgan fingerprint density at radius 2 is 1.58 bits per heavy atom. The Hall–Kier alpha value is -3.12. The molecule has 1 fully saturated rings. The van der Waals surface area contributed by atoms with Crippen LogP contribution in [0.3, 0.4) is 0 Å². The number of amides is 1. The Kier molecular flexibility index (Phi) is 8.62. The highest BCUT2D eigenvalue weighted by Gasteiger charge is 2.46. The van der Waals surface area contributed by atoms with Gasteiger partial charge in [-0.05, 0) is 67.7 Å². The second-order valence-corrected chi connectivity index (χ2v) is 10.6. The number of hydrogen-bond donors (Lipinski definition) is 1. The summed E-state index contributed by atoms with van der Waals surface area (Å²) in [5.74, 6) is -0.719. The van der Waals surface area contributed by atoms with E-state index in [2.05, 4.69) is 39.5 Å². The molecule has 1 aliphatic heterocycles. The van der Waals surface area contributed by atoms with Crippen LogP contribution in [0.25, 0.3) is 5.76 Å². The lowest BCUT2D eigenvalue weighted by molar-refractivity contribution is -0.140. The molecule has 1 heterocycles. The molecule has 0 radical (unpaired) electrons. The molecule has 36 heavy (non-hydrogen) atoms. The molecule has 0 unspecified atom stereocenters. The van der Waals surface area contributed by atoms with Gasteiger partial charge in [-0.2, -0.15) is 0 Å². The first-order valence-electron chi connectivity index (χ1n) is 12.9. The summed E-state index contributed by atoms with van der Waals surface area (Å²) in [7, 11) is 0. The van der Waals surface area contributed by atoms with Crippen molar-refractivity contribution in [3.63, 3.8) is 0 Å². The molecule has 1 amide bonds. The molecule has 1 saturated heterocycles. The molecule has 194 valence electrons. The Labute approximate surface area is 215 Å². The predicted molar refractivity (Wildman–Crippen MR) is 144 cm³/mol. The molecule has 1 atom stereocenters. The third kappa shape index (κ3) is 5.98. The number of ketones is 1. The first-order chi connectivity index (χ1) is 17.0. The number of nitrogens with zero attached hydrogens (tertiary/aromatic N) is 2. The van der Waals surface area contributed by atoms with E-state index in [1.54, 1.807) is 29.2 Å². The number of Topliss-reactive ketones (excluding diaryl/α,β-unsaturated/α-hetero) is 1. The normalized spacial score (nSPS) is 17.9. The lowest BCUT2D eigenvalue weighted by Crippen LogP contribution is -2.38. The Morgan fingerprint density at radius 1 is 1.00 bits per heavy atom. The largest absolute Gasteiger partial charge is 0.507 e. The Morgan fingerprint density at radius 3 is 2.08 bits per heavy atom. The van der Waals surface area contributed by atoms with E-state index in [1.807, 2.05) is 38.1 Å². The molecule has 0 spiro atoms. The zero-order chi connectivity index (χ0) is 26.6. The second kappa shape index (κ2) is 11.3. The van der Waals surface area contributed by atoms with E-state index < -0.39 is 17.7 Å². The maximum atomic E-state index is 13.3. The predicted octanol–water partition coefficient (Wildman–Crippen LogP) is 5.53. The summed E-state index contributed by atoms with van der Waals surface area (Å²) in [4.78, 5) is 30.3. The summed E-state index contributed by atoms with van der Waals surface area (Å²) < 4.78 is 5.70. The van der Waals surface area contributed by atoms with Gasteiger partial charge in [0, 0.05) is 18.7 Å². The van der Waals surface area contributed by atoms with Crippen molar-refractivity contribution in [2.75, 3.05) is 26.2 Å². The first kappa shape index (κ1) is 27.5. The van der Waals surface area contributed by atoms with Crippen molar-refractivity contribution in [3.05, 3.63) is 70.8 Å². The van der Waals surface area contributed by atoms with Crippen molar-refractivity contribution >= 4 is 17.4 Å². The van der Waals surface area contributed by atoms with Gasteiger partial charge in [0.1, 0.15) is 11.5 Å². The van der Waals surface area contributed by atoms with Gasteiger partial charge in [-0.15, -0.1) is 0 Å². The summed E-state index contributed by atoms with van der Waals surface area (Å²) in [6, 6.07) is 14.3. The fraction of sp³-hybridized carbons (Fsp3) is 0.467. The molecule has 6 heteroatoms. The lowest BCUT2D eigenvalue weighted by atomic mass is 9.85. The number of rotatable bonds is 9. The van der Waals surface area contributed by atoms with Crippen LogP contribution < -0.4 is 4.74 Å². The first-order valence-corrected chi connectivity index (χ1v) is 12.9. The zero-order valence-corrected chi connectivity index (χ0v) is 22.7. The molecule has 2 aromatic carbocycles. The van der Waals surface area contributed by atoms with Gasteiger partial charge in [0.25, 0.3) is 11.7 Å². The molecule has 1 aliphatic rings. The molecule has 0 saturated carbocycles. The van der Waals surface area contributed by atoms with Crippen molar-refractivity contribution in [2.45, 2.75) is 66.0 Å². The highest BCUT2D eigenvalue weighted by Crippen LogP contribution is 2.40. The minimum atomic E-state index is -0.653. The second-order valence-electron chi connectivity index (χ2n) is 10.6. The third-order valence-corrected chi connectivity index (χ3v) is 6.68. The van der Waals surface area contributed by atoms with Crippen LogP contribution in [0.15, 0.2) is 54.1 Å². The number of carbonyl (C=O) groups excluding carboxylic acids is 2. The van der Waals surface area contributed by atoms with E-state index >= 15 is 0 Å². The molecule has 1 N–H and O–H groups in total. The van der Waals surface area contributed by atoms with E-state index in [1.165, 1.54) is 0 Å². The molecule has 0 aliphatic carbocycles. The van der Waals surface area contributed by atoms with E-state index in [4.69, 9.17) is 4.74 Å². The minimum Gasteiger partial charge on any atom is -0.507 e. The number of benzene rings is 2. The average Bonchev–Trinajstić information content (AvgIpc) is 3.09. The van der Waals surface area contributed by atoms with Gasteiger partial charge < -0.3 is 19.6 Å². The fourth-order valence-electron chi connectivity index (χ4n) is 4.53. The summed E-state index contributed by atoms with van der Waals surface area (Å²) in [6.07, 6.45) is 0.0247. The van der Waals surface area contributed by atoms with Crippen LogP contribution in [0, 0.1) is 0 Å². The molecular weight excluding hydrogens is 452 g/mol. The van der Waals surface area contributed by atoms with Gasteiger partial charge in [0.15, 0.2) is 0 Å². The highest BCUT2D eigenvalue weighted by atomic mass is 16.5. The lowest BCUT2D eigenvalue weighted by Gasteiger charge is -2.28. The minimum absolute atomic E-state index is 0.0247. The van der Waals surface area contributed by atoms with Crippen molar-refractivity contribution in [3.8, 4) is 5.75 Å². The Bertz CT molecular complexity index is 1090. The summed E-state index contributed by atoms with van der Waals surface area (Å²) in [5.41, 5.74) is 2.54. The molecular formula is C30H40N2O4. The smallest absolute Gasteiger partial charge is 0.295 e. The van der Waals surface area contributed by atoms with Crippen LogP contribution >= 0.6 is 0 Å². The van der Waals surface area contributed by atoms with Gasteiger partial charge in [0.2, 0.25) is 0 Å². The number of aliphatic hydroxyl groups excluding tert-OH is 1. The van der Waals surface area contributed by atoms with Gasteiger partial charge in [0.05, 0.1) is 17.7 Å². The number of likely N-dealkylation sites (N-methyl/N-ethyl adjacent to an activating group) is 1. The van der Waals surface area contributed by atoms with Crippen LogP contribution in [-0.2, 0) is 15.0 Å². The van der Waals surface area contributed by atoms with Crippen LogP contribution in [0.1, 0.15) is 71.2 Å². The van der Waals surface area contributed by atoms with Crippen molar-refractivity contribution < 1.29 is 19.4 Å². The number of aliphatic hydroxyl groups is 1. The summed E-state index contributed by atoms with van der Waals surface area (Å²) in [5, 5.41) is 11.3. The van der Waals surface area contributed by atoms with Gasteiger partial charge in [-0.3, -0.25) is 9.59 Å². The van der Waals surface area contributed by atoms with E-state index in [9.17, 15) is 14.7 Å². The number of ether oxygens (including phenoxy) is 1. The molecule has 2 aromatic rings. The molecule has 3 rings (SSSR count). The Balaban J connectivity index is 2.07. The highest BCUT2D eigenvalue weighted by molar-refractivity contribution is 6.46. The van der Waals surface area contributed by atoms with Gasteiger partial charge >= 0.3 is 0 Å². The summed E-state index contributed by atoms with van der Waals surface area (Å²) in [6.45, 7) is 17.2. The topological polar surface area (TPSA) is 70.1 Å². The van der Waals surface area contributed by atoms with Crippen LogP contribution in [-0.4, -0.2) is 58.9 Å². The average molecular weight is 493 g/mol. The SMILES string of the molecule is CCN(CC)CCN1C(=O)C(=O)C(=C(O)c2ccc(OC(C)C)cc2)[C@@H]1c1ccc(C(C)(C)C)cc1. The molecule has 6 nitrogen and oxygen atoms in total. The maximum absolute atomic E-state index is 13.3. The monoisotopic (exact) mass is 492 g/mol. The number of likely N-dealkylation sites (tertiary alicyclic amines) is 1. The van der Waals surface area contributed by atoms with Crippen molar-refractivity contribution in [1.29, 1.82) is 0 Å². The van der Waals surface area contributed by atoms with Crippen LogP contribution in [0.5, 0.6) is 5.75 Å². The summed E-state index contributed by atoms with van der Waals surface area (Å²) >= 11 is 0. The zero-order valence-electron chi connectivity index (χ0n) is 22.7. The van der Waals surface area contributed by atoms with Crippen molar-refractivity contribution in [2.24, 2.45) is 0 Å². The standard InChI is InChI=1S/C30H40N2O4/c1-8-31(9-2)18-19-32-26(21-10-14-23(15-11-21)30(5,6)7)25(28(34)29(32)35)27(33)22-12-16-24(17-13-22)36-20(3)4/h10-17,20,26,33H,8-9,18-19H2,1-7H3/t26-/m0/s1. The number of hydrogen-bond acceptors (Lipinski definition) is 5. The molecule has 0 aromatic heterocycles. The third-order valence-electron chi connectivity index (χ3n) is 6.68. The number of carbonyl (C=O) groups is 2. The van der Waals surface area contributed by atoms with E-state index in [0.717, 1.165) is 24.2 Å². The quantitative estimate of drug-likeness (QED) is 0.283. The maximum Gasteiger partial charge on any atom is 0.295 e. The van der Waals surface area contributed by atoms with E-state index in [0.29, 0.717) is 24.4 Å². The van der Waals surface area contributed by atoms with Crippen LogP contribution in [0.4, 0.5) is 0 Å². The van der Waals surface area contributed by atoms with Crippen LogP contribution in [0.2, 0.25) is 0 Å². The van der Waals surface area contributed by atoms with Gasteiger partial charge in [-0.1, -0.05) is 58.9 Å². The fourth-order valence-corrected chi connectivity index (χ4v) is 4.53. The van der Waals surface area contributed by atoms with E-state index in [-0.39, 0.29) is 22.9 Å².